The number of nitro groups is 1. The van der Waals surface area contributed by atoms with Crippen LogP contribution >= 0.6 is 0 Å². The predicted octanol–water partition coefficient (Wildman–Crippen LogP) is 2.16. The van der Waals surface area contributed by atoms with Crippen molar-refractivity contribution in [2.75, 3.05) is 19.6 Å². The Bertz CT molecular complexity index is 1300. The number of benzene rings is 3. The summed E-state index contributed by atoms with van der Waals surface area (Å²) in [5.41, 5.74) is 6.52. The molecule has 1 saturated heterocycles. The van der Waals surface area contributed by atoms with Crippen LogP contribution in [0.4, 0.5) is 5.69 Å². The van der Waals surface area contributed by atoms with Crippen molar-refractivity contribution in [2.45, 2.75) is 31.3 Å². The quantitative estimate of drug-likeness (QED) is 0.285. The molecule has 0 spiro atoms. The molecule has 0 aromatic heterocycles. The molecule has 192 valence electrons. The number of rotatable bonds is 10. The molecular weight excluding hydrogens is 474 g/mol. The van der Waals surface area contributed by atoms with Gasteiger partial charge in [-0.3, -0.25) is 24.5 Å². The normalized spacial score (nSPS) is 15.1. The van der Waals surface area contributed by atoms with Crippen LogP contribution < -0.4 is 16.4 Å². The lowest BCUT2D eigenvalue weighted by molar-refractivity contribution is -0.384. The standard InChI is InChI=1S/C27H29N5O5/c28-25(33)24(17-31-14-3-4-15-31)30-27(35)23(16-18-10-12-20(13-11-18)32(36)37)29-26(34)22-9-5-7-19-6-1-2-8-21(19)22/h1-2,5-13,23-24H,3-4,14-17H2,(H2,28,33)(H,29,34)(H,30,35)/t23?,24-/m0/s1. The van der Waals surface area contributed by atoms with Crippen molar-refractivity contribution >= 4 is 34.2 Å². The maximum Gasteiger partial charge on any atom is 0.269 e. The molecule has 10 nitrogen and oxygen atoms in total. The highest BCUT2D eigenvalue weighted by Gasteiger charge is 2.28. The van der Waals surface area contributed by atoms with Crippen LogP contribution in [0.2, 0.25) is 0 Å². The Kier molecular flexibility index (Phi) is 8.09. The van der Waals surface area contributed by atoms with Gasteiger partial charge < -0.3 is 21.3 Å². The first-order valence-electron chi connectivity index (χ1n) is 12.2. The molecule has 3 aromatic carbocycles. The number of carbonyl (C=O) groups is 3. The number of nitrogens with zero attached hydrogens (tertiary/aromatic N) is 2. The highest BCUT2D eigenvalue weighted by Crippen LogP contribution is 2.19. The lowest BCUT2D eigenvalue weighted by Crippen LogP contribution is -2.56. The van der Waals surface area contributed by atoms with Gasteiger partial charge in [0, 0.05) is 30.7 Å². The fourth-order valence-electron chi connectivity index (χ4n) is 4.56. The Morgan fingerprint density at radius 2 is 1.59 bits per heavy atom. The van der Waals surface area contributed by atoms with E-state index in [9.17, 15) is 24.5 Å². The Labute approximate surface area is 214 Å². The first kappa shape index (κ1) is 25.8. The van der Waals surface area contributed by atoms with Crippen molar-refractivity contribution in [1.82, 2.24) is 15.5 Å². The third kappa shape index (κ3) is 6.47. The van der Waals surface area contributed by atoms with Crippen molar-refractivity contribution in [3.63, 3.8) is 0 Å². The summed E-state index contributed by atoms with van der Waals surface area (Å²) in [5, 5.41) is 18.1. The molecule has 0 radical (unpaired) electrons. The van der Waals surface area contributed by atoms with Crippen molar-refractivity contribution in [3.8, 4) is 0 Å². The van der Waals surface area contributed by atoms with Gasteiger partial charge in [-0.25, -0.2) is 0 Å². The summed E-state index contributed by atoms with van der Waals surface area (Å²) >= 11 is 0. The summed E-state index contributed by atoms with van der Waals surface area (Å²) in [7, 11) is 0. The number of primary amides is 1. The lowest BCUT2D eigenvalue weighted by Gasteiger charge is -2.25. The fraction of sp³-hybridized carbons (Fsp3) is 0.296. The lowest BCUT2D eigenvalue weighted by atomic mass is 10.0. The number of non-ortho nitro benzene ring substituents is 1. The van der Waals surface area contributed by atoms with Gasteiger partial charge in [-0.2, -0.15) is 0 Å². The summed E-state index contributed by atoms with van der Waals surface area (Å²) in [6.07, 6.45) is 2.10. The molecule has 1 aliphatic rings. The Morgan fingerprint density at radius 3 is 2.27 bits per heavy atom. The monoisotopic (exact) mass is 503 g/mol. The van der Waals surface area contributed by atoms with E-state index in [1.54, 1.807) is 12.1 Å². The molecule has 10 heteroatoms. The largest absolute Gasteiger partial charge is 0.368 e. The number of likely N-dealkylation sites (tertiary alicyclic amines) is 1. The Hall–Kier alpha value is -4.31. The second kappa shape index (κ2) is 11.6. The van der Waals surface area contributed by atoms with Gasteiger partial charge in [-0.15, -0.1) is 0 Å². The number of carbonyl (C=O) groups excluding carboxylic acids is 3. The van der Waals surface area contributed by atoms with Crippen LogP contribution in [-0.2, 0) is 16.0 Å². The van der Waals surface area contributed by atoms with Gasteiger partial charge in [0.25, 0.3) is 11.6 Å². The smallest absolute Gasteiger partial charge is 0.269 e. The maximum absolute atomic E-state index is 13.4. The van der Waals surface area contributed by atoms with Crippen LogP contribution in [0.5, 0.6) is 0 Å². The zero-order valence-corrected chi connectivity index (χ0v) is 20.3. The summed E-state index contributed by atoms with van der Waals surface area (Å²) in [6, 6.07) is 16.6. The van der Waals surface area contributed by atoms with E-state index in [4.69, 9.17) is 5.73 Å². The number of fused-ring (bicyclic) bond motifs is 1. The van der Waals surface area contributed by atoms with Gasteiger partial charge in [-0.05, 0) is 48.3 Å². The SMILES string of the molecule is NC(=O)[C@H](CN1CCCC1)NC(=O)C(Cc1ccc([N+](=O)[O-])cc1)NC(=O)c1cccc2ccccc12. The van der Waals surface area contributed by atoms with Crippen molar-refractivity contribution in [3.05, 3.63) is 88.0 Å². The number of hydrogen-bond acceptors (Lipinski definition) is 6. The van der Waals surface area contributed by atoms with Crippen molar-refractivity contribution in [2.24, 2.45) is 5.73 Å². The zero-order chi connectivity index (χ0) is 26.4. The van der Waals surface area contributed by atoms with Crippen LogP contribution in [0.25, 0.3) is 10.8 Å². The number of nitrogens with two attached hydrogens (primary N) is 1. The minimum Gasteiger partial charge on any atom is -0.368 e. The number of nitrogens with one attached hydrogen (secondary N) is 2. The summed E-state index contributed by atoms with van der Waals surface area (Å²) in [5.74, 6) is -1.67. The molecular formula is C27H29N5O5. The minimum absolute atomic E-state index is 0.0650. The minimum atomic E-state index is -1.05. The van der Waals surface area contributed by atoms with Crippen molar-refractivity contribution < 1.29 is 19.3 Å². The first-order valence-corrected chi connectivity index (χ1v) is 12.2. The summed E-state index contributed by atoms with van der Waals surface area (Å²) in [6.45, 7) is 1.94. The molecule has 4 N–H and O–H groups in total. The highest BCUT2D eigenvalue weighted by atomic mass is 16.6. The van der Waals surface area contributed by atoms with Gasteiger partial charge >= 0.3 is 0 Å². The summed E-state index contributed by atoms with van der Waals surface area (Å²) in [4.78, 5) is 51.4. The van der Waals surface area contributed by atoms with E-state index in [0.29, 0.717) is 17.7 Å². The number of nitro benzene ring substituents is 1. The number of amides is 3. The van der Waals surface area contributed by atoms with Gasteiger partial charge in [0.1, 0.15) is 12.1 Å². The van der Waals surface area contributed by atoms with Gasteiger partial charge in [0.15, 0.2) is 0 Å². The van der Waals surface area contributed by atoms with Crippen LogP contribution in [0.15, 0.2) is 66.7 Å². The molecule has 1 unspecified atom stereocenters. The molecule has 3 amide bonds. The maximum atomic E-state index is 13.4. The molecule has 1 heterocycles. The average molecular weight is 504 g/mol. The molecule has 0 aliphatic carbocycles. The molecule has 0 saturated carbocycles. The van der Waals surface area contributed by atoms with Crippen molar-refractivity contribution in [1.29, 1.82) is 0 Å². The van der Waals surface area contributed by atoms with E-state index >= 15 is 0 Å². The van der Waals surface area contributed by atoms with Crippen LogP contribution in [0, 0.1) is 10.1 Å². The zero-order valence-electron chi connectivity index (χ0n) is 20.3. The molecule has 0 bridgehead atoms. The fourth-order valence-corrected chi connectivity index (χ4v) is 4.56. The van der Waals surface area contributed by atoms with E-state index in [0.717, 1.165) is 36.7 Å². The molecule has 4 rings (SSSR count). The second-order valence-electron chi connectivity index (χ2n) is 9.15. The Balaban J connectivity index is 1.57. The average Bonchev–Trinajstić information content (AvgIpc) is 3.41. The third-order valence-corrected chi connectivity index (χ3v) is 6.54. The van der Waals surface area contributed by atoms with Gasteiger partial charge in [0.2, 0.25) is 11.8 Å². The molecule has 1 aliphatic heterocycles. The topological polar surface area (TPSA) is 148 Å². The molecule has 2 atom stereocenters. The Morgan fingerprint density at radius 1 is 0.919 bits per heavy atom. The van der Waals surface area contributed by atoms with E-state index in [-0.39, 0.29) is 12.1 Å². The van der Waals surface area contributed by atoms with Gasteiger partial charge in [-0.1, -0.05) is 48.5 Å². The van der Waals surface area contributed by atoms with Crippen LogP contribution in [0.1, 0.15) is 28.8 Å². The van der Waals surface area contributed by atoms with E-state index in [2.05, 4.69) is 15.5 Å². The molecule has 37 heavy (non-hydrogen) atoms. The summed E-state index contributed by atoms with van der Waals surface area (Å²) < 4.78 is 0. The second-order valence-corrected chi connectivity index (χ2v) is 9.15. The number of hydrogen-bond donors (Lipinski definition) is 3. The van der Waals surface area contributed by atoms with E-state index in [1.807, 2.05) is 30.3 Å². The molecule has 3 aromatic rings. The van der Waals surface area contributed by atoms with Crippen LogP contribution in [-0.4, -0.2) is 59.3 Å². The molecule has 1 fully saturated rings. The van der Waals surface area contributed by atoms with E-state index in [1.165, 1.54) is 24.3 Å². The van der Waals surface area contributed by atoms with Crippen LogP contribution in [0.3, 0.4) is 0 Å². The third-order valence-electron chi connectivity index (χ3n) is 6.54. The van der Waals surface area contributed by atoms with Gasteiger partial charge in [0.05, 0.1) is 4.92 Å². The van der Waals surface area contributed by atoms with E-state index < -0.39 is 34.7 Å². The highest BCUT2D eigenvalue weighted by molar-refractivity contribution is 6.08. The predicted molar refractivity (Wildman–Crippen MR) is 139 cm³/mol. The first-order chi connectivity index (χ1) is 17.8.